The molecule has 0 rings (SSSR count). The van der Waals surface area contributed by atoms with Gasteiger partial charge in [0.2, 0.25) is 5.91 Å². The topological polar surface area (TPSA) is 55.6 Å². The van der Waals surface area contributed by atoms with Crippen LogP contribution in [0, 0.1) is 11.3 Å². The van der Waals surface area contributed by atoms with E-state index in [2.05, 4.69) is 20.8 Å². The molecule has 0 aliphatic heterocycles. The van der Waals surface area contributed by atoms with Crippen molar-refractivity contribution >= 4 is 5.91 Å². The lowest BCUT2D eigenvalue weighted by Gasteiger charge is -2.30. The zero-order valence-electron chi connectivity index (χ0n) is 11.2. The first-order valence-electron chi connectivity index (χ1n) is 5.83. The van der Waals surface area contributed by atoms with Crippen molar-refractivity contribution in [3.63, 3.8) is 0 Å². The molecule has 0 aromatic carbocycles. The Labute approximate surface area is 99.1 Å². The lowest BCUT2D eigenvalue weighted by molar-refractivity contribution is -0.169. The van der Waals surface area contributed by atoms with Crippen LogP contribution in [0.15, 0.2) is 0 Å². The number of amides is 1. The zero-order valence-corrected chi connectivity index (χ0v) is 11.2. The van der Waals surface area contributed by atoms with E-state index in [1.54, 1.807) is 7.05 Å². The Balaban J connectivity index is 4.17. The van der Waals surface area contributed by atoms with Gasteiger partial charge in [-0.05, 0) is 30.7 Å². The van der Waals surface area contributed by atoms with E-state index in [0.717, 1.165) is 12.8 Å². The smallest absolute Gasteiger partial charge is 0.245 e. The zero-order chi connectivity index (χ0) is 12.8. The predicted octanol–water partition coefficient (Wildman–Crippen LogP) is 1.80. The highest BCUT2D eigenvalue weighted by Gasteiger charge is 2.24. The number of hydroxylamine groups is 2. The van der Waals surface area contributed by atoms with Crippen LogP contribution in [-0.4, -0.2) is 31.7 Å². The molecule has 4 heteroatoms. The number of hydrogen-bond donors (Lipinski definition) is 1. The highest BCUT2D eigenvalue weighted by atomic mass is 16.7. The van der Waals surface area contributed by atoms with Crippen LogP contribution in [0.1, 0.15) is 40.0 Å². The molecule has 0 aliphatic carbocycles. The number of carbonyl (C=O) groups excluding carboxylic acids is 1. The molecular formula is C12H26N2O2. The standard InChI is InChI=1S/C12H26N2O2/c1-12(2,3)10(8-9-13)6-7-11(15)14(4)16-5/h10H,6-9,13H2,1-5H3. The molecule has 0 fully saturated rings. The van der Waals surface area contributed by atoms with Gasteiger partial charge < -0.3 is 5.73 Å². The van der Waals surface area contributed by atoms with E-state index in [-0.39, 0.29) is 11.3 Å². The van der Waals surface area contributed by atoms with Gasteiger partial charge in [0.15, 0.2) is 0 Å². The molecular weight excluding hydrogens is 204 g/mol. The van der Waals surface area contributed by atoms with E-state index in [1.807, 2.05) is 0 Å². The van der Waals surface area contributed by atoms with Gasteiger partial charge in [-0.15, -0.1) is 0 Å². The second-order valence-corrected chi connectivity index (χ2v) is 5.25. The van der Waals surface area contributed by atoms with E-state index < -0.39 is 0 Å². The monoisotopic (exact) mass is 230 g/mol. The number of nitrogens with zero attached hydrogens (tertiary/aromatic N) is 1. The normalized spacial score (nSPS) is 13.6. The second-order valence-electron chi connectivity index (χ2n) is 5.25. The van der Waals surface area contributed by atoms with Gasteiger partial charge in [0, 0.05) is 13.5 Å². The molecule has 0 bridgehead atoms. The lowest BCUT2D eigenvalue weighted by Crippen LogP contribution is -2.28. The summed E-state index contributed by atoms with van der Waals surface area (Å²) in [5.74, 6) is 0.500. The van der Waals surface area contributed by atoms with E-state index in [1.165, 1.54) is 12.2 Å². The highest BCUT2D eigenvalue weighted by molar-refractivity contribution is 5.74. The Morgan fingerprint density at radius 1 is 1.38 bits per heavy atom. The number of carbonyl (C=O) groups is 1. The molecule has 1 amide bonds. The van der Waals surface area contributed by atoms with Crippen molar-refractivity contribution in [1.82, 2.24) is 5.06 Å². The molecule has 0 radical (unpaired) electrons. The molecule has 0 saturated carbocycles. The first-order chi connectivity index (χ1) is 7.32. The first kappa shape index (κ1) is 15.4. The van der Waals surface area contributed by atoms with Crippen LogP contribution in [0.2, 0.25) is 0 Å². The molecule has 0 aromatic rings. The van der Waals surface area contributed by atoms with Crippen LogP contribution in [0.25, 0.3) is 0 Å². The summed E-state index contributed by atoms with van der Waals surface area (Å²) in [5.41, 5.74) is 5.80. The van der Waals surface area contributed by atoms with Crippen molar-refractivity contribution < 1.29 is 9.63 Å². The Morgan fingerprint density at radius 2 is 1.94 bits per heavy atom. The molecule has 1 unspecified atom stereocenters. The molecule has 0 heterocycles. The number of nitrogens with two attached hydrogens (primary N) is 1. The molecule has 0 aliphatic rings. The van der Waals surface area contributed by atoms with Gasteiger partial charge in [0.05, 0.1) is 7.11 Å². The summed E-state index contributed by atoms with van der Waals surface area (Å²) < 4.78 is 0. The van der Waals surface area contributed by atoms with Crippen molar-refractivity contribution in [2.24, 2.45) is 17.1 Å². The van der Waals surface area contributed by atoms with Crippen molar-refractivity contribution in [1.29, 1.82) is 0 Å². The molecule has 0 spiro atoms. The molecule has 1 atom stereocenters. The maximum atomic E-state index is 11.6. The fourth-order valence-corrected chi connectivity index (χ4v) is 1.77. The third-order valence-corrected chi connectivity index (χ3v) is 3.07. The average Bonchev–Trinajstić information content (AvgIpc) is 2.20. The minimum absolute atomic E-state index is 0.0220. The van der Waals surface area contributed by atoms with Gasteiger partial charge in [-0.25, -0.2) is 5.06 Å². The molecule has 96 valence electrons. The summed E-state index contributed by atoms with van der Waals surface area (Å²) in [4.78, 5) is 16.4. The van der Waals surface area contributed by atoms with Gasteiger partial charge in [0.25, 0.3) is 0 Å². The quantitative estimate of drug-likeness (QED) is 0.708. The van der Waals surface area contributed by atoms with E-state index in [0.29, 0.717) is 18.9 Å². The van der Waals surface area contributed by atoms with Gasteiger partial charge in [-0.3, -0.25) is 9.63 Å². The van der Waals surface area contributed by atoms with Crippen molar-refractivity contribution in [2.45, 2.75) is 40.0 Å². The third-order valence-electron chi connectivity index (χ3n) is 3.07. The molecule has 0 aromatic heterocycles. The summed E-state index contributed by atoms with van der Waals surface area (Å²) in [6.07, 6.45) is 2.35. The average molecular weight is 230 g/mol. The van der Waals surface area contributed by atoms with E-state index in [4.69, 9.17) is 10.6 Å². The van der Waals surface area contributed by atoms with Crippen LogP contribution in [0.5, 0.6) is 0 Å². The summed E-state index contributed by atoms with van der Waals surface area (Å²) in [6, 6.07) is 0. The van der Waals surface area contributed by atoms with Crippen LogP contribution in [-0.2, 0) is 9.63 Å². The minimum atomic E-state index is 0.0220. The Bertz CT molecular complexity index is 212. The summed E-state index contributed by atoms with van der Waals surface area (Å²) in [5, 5.41) is 1.28. The van der Waals surface area contributed by atoms with Gasteiger partial charge in [-0.1, -0.05) is 20.8 Å². The van der Waals surface area contributed by atoms with Crippen molar-refractivity contribution in [2.75, 3.05) is 20.7 Å². The number of rotatable bonds is 6. The van der Waals surface area contributed by atoms with Gasteiger partial charge in [-0.2, -0.15) is 0 Å². The fourth-order valence-electron chi connectivity index (χ4n) is 1.77. The first-order valence-corrected chi connectivity index (χ1v) is 5.83. The highest BCUT2D eigenvalue weighted by Crippen LogP contribution is 2.32. The largest absolute Gasteiger partial charge is 0.330 e. The van der Waals surface area contributed by atoms with Gasteiger partial charge >= 0.3 is 0 Å². The molecule has 2 N–H and O–H groups in total. The van der Waals surface area contributed by atoms with Crippen LogP contribution >= 0.6 is 0 Å². The minimum Gasteiger partial charge on any atom is -0.330 e. The summed E-state index contributed by atoms with van der Waals surface area (Å²) in [6.45, 7) is 7.25. The third kappa shape index (κ3) is 5.47. The van der Waals surface area contributed by atoms with Crippen LogP contribution in [0.3, 0.4) is 0 Å². The summed E-state index contributed by atoms with van der Waals surface area (Å²) >= 11 is 0. The summed E-state index contributed by atoms with van der Waals surface area (Å²) in [7, 11) is 3.14. The van der Waals surface area contributed by atoms with Crippen LogP contribution < -0.4 is 5.73 Å². The Hall–Kier alpha value is -0.610. The van der Waals surface area contributed by atoms with Crippen molar-refractivity contribution in [3.8, 4) is 0 Å². The Morgan fingerprint density at radius 3 is 2.31 bits per heavy atom. The fraction of sp³-hybridized carbons (Fsp3) is 0.917. The Kier molecular flexibility index (Phi) is 6.60. The molecule has 16 heavy (non-hydrogen) atoms. The molecule has 0 saturated heterocycles. The molecule has 4 nitrogen and oxygen atoms in total. The predicted molar refractivity (Wildman–Crippen MR) is 65.6 cm³/mol. The maximum Gasteiger partial charge on any atom is 0.245 e. The maximum absolute atomic E-state index is 11.6. The SMILES string of the molecule is CON(C)C(=O)CCC(CCN)C(C)(C)C. The van der Waals surface area contributed by atoms with Crippen molar-refractivity contribution in [3.05, 3.63) is 0 Å². The van der Waals surface area contributed by atoms with E-state index >= 15 is 0 Å². The lowest BCUT2D eigenvalue weighted by atomic mass is 9.76. The van der Waals surface area contributed by atoms with E-state index in [9.17, 15) is 4.79 Å². The number of hydrogen-bond acceptors (Lipinski definition) is 3. The van der Waals surface area contributed by atoms with Gasteiger partial charge in [0.1, 0.15) is 0 Å². The van der Waals surface area contributed by atoms with Crippen LogP contribution in [0.4, 0.5) is 0 Å². The second kappa shape index (κ2) is 6.86.